The number of aliphatic hydroxyl groups is 2. The van der Waals surface area contributed by atoms with E-state index in [0.29, 0.717) is 11.8 Å². The standard InChI is InChI=1S/C29H42O7/c1-14-10-21(35-26(33)15(14)2)16(3)18-6-7-19-17-11-24-29(36-24)25(32)22(34-5)12-23(31)28(29,13-30)20(17)8-9-27(18,19)4/h16-22,24-25,30,32H,6-13H2,1-5H3/t16-,17-,18?,19?,20?,21+,22-,24+,25-,27+,28-,29-/m0/s1. The Kier molecular flexibility index (Phi) is 5.64. The van der Waals surface area contributed by atoms with Crippen molar-refractivity contribution in [3.63, 3.8) is 0 Å². The summed E-state index contributed by atoms with van der Waals surface area (Å²) in [6.45, 7) is 8.30. The van der Waals surface area contributed by atoms with Gasteiger partial charge in [0.05, 0.1) is 24.2 Å². The number of hydrogen-bond donors (Lipinski definition) is 2. The molecule has 7 nitrogen and oxygen atoms in total. The summed E-state index contributed by atoms with van der Waals surface area (Å²) in [6.07, 6.45) is 3.97. The minimum atomic E-state index is -1.04. The zero-order valence-corrected chi connectivity index (χ0v) is 22.3. The van der Waals surface area contributed by atoms with Crippen molar-refractivity contribution < 1.29 is 34.0 Å². The van der Waals surface area contributed by atoms with Gasteiger partial charge < -0.3 is 24.4 Å². The average molecular weight is 503 g/mol. The van der Waals surface area contributed by atoms with Gasteiger partial charge in [-0.1, -0.05) is 19.4 Å². The smallest absolute Gasteiger partial charge is 0.333 e. The molecule has 36 heavy (non-hydrogen) atoms. The van der Waals surface area contributed by atoms with Crippen LogP contribution in [-0.4, -0.2) is 65.7 Å². The van der Waals surface area contributed by atoms with Crippen molar-refractivity contribution in [1.29, 1.82) is 0 Å². The Balaban J connectivity index is 1.29. The number of ketones is 1. The fourth-order valence-corrected chi connectivity index (χ4v) is 10.2. The number of fused-ring (bicyclic) bond motifs is 4. The van der Waals surface area contributed by atoms with Crippen LogP contribution in [0.5, 0.6) is 0 Å². The van der Waals surface area contributed by atoms with Crippen molar-refractivity contribution in [2.45, 2.75) is 103 Å². The molecule has 2 N–H and O–H groups in total. The van der Waals surface area contributed by atoms with Crippen LogP contribution in [0.25, 0.3) is 0 Å². The molecule has 4 saturated carbocycles. The van der Waals surface area contributed by atoms with Gasteiger partial charge in [-0.15, -0.1) is 0 Å². The van der Waals surface area contributed by atoms with Crippen molar-refractivity contribution in [3.05, 3.63) is 11.1 Å². The molecule has 2 heterocycles. The first-order chi connectivity index (χ1) is 17.1. The molecule has 0 aromatic rings. The maximum Gasteiger partial charge on any atom is 0.333 e. The maximum atomic E-state index is 13.7. The monoisotopic (exact) mass is 502 g/mol. The topological polar surface area (TPSA) is 106 Å². The summed E-state index contributed by atoms with van der Waals surface area (Å²) in [4.78, 5) is 26.2. The lowest BCUT2D eigenvalue weighted by atomic mass is 9.43. The van der Waals surface area contributed by atoms with Gasteiger partial charge in [-0.25, -0.2) is 4.79 Å². The number of carbonyl (C=O) groups excluding carboxylic acids is 2. The third-order valence-corrected chi connectivity index (χ3v) is 12.2. The number of cyclic esters (lactones) is 1. The number of carbonyl (C=O) groups is 2. The molecule has 6 rings (SSSR count). The third-order valence-electron chi connectivity index (χ3n) is 12.2. The Morgan fingerprint density at radius 3 is 2.56 bits per heavy atom. The molecule has 12 atom stereocenters. The van der Waals surface area contributed by atoms with E-state index in [0.717, 1.165) is 49.7 Å². The summed E-state index contributed by atoms with van der Waals surface area (Å²) in [5.41, 5.74) is -0.0776. The highest BCUT2D eigenvalue weighted by atomic mass is 16.6. The van der Waals surface area contributed by atoms with Crippen LogP contribution in [0.15, 0.2) is 11.1 Å². The van der Waals surface area contributed by atoms with E-state index in [1.165, 1.54) is 7.11 Å². The first kappa shape index (κ1) is 25.0. The van der Waals surface area contributed by atoms with E-state index in [2.05, 4.69) is 13.8 Å². The molecule has 6 aliphatic rings. The van der Waals surface area contributed by atoms with Crippen LogP contribution >= 0.6 is 0 Å². The normalized spacial score (nSPS) is 52.6. The number of rotatable bonds is 4. The van der Waals surface area contributed by atoms with E-state index >= 15 is 0 Å². The van der Waals surface area contributed by atoms with Crippen LogP contribution in [0.4, 0.5) is 0 Å². The molecule has 0 radical (unpaired) electrons. The van der Waals surface area contributed by atoms with Crippen LogP contribution in [0, 0.1) is 40.4 Å². The van der Waals surface area contributed by atoms with Crippen molar-refractivity contribution >= 4 is 11.8 Å². The van der Waals surface area contributed by atoms with E-state index in [9.17, 15) is 19.8 Å². The minimum Gasteiger partial charge on any atom is -0.458 e. The fraction of sp³-hybridized carbons (Fsp3) is 0.862. The van der Waals surface area contributed by atoms with E-state index < -0.39 is 23.2 Å². The molecule has 200 valence electrons. The van der Waals surface area contributed by atoms with Gasteiger partial charge in [0.1, 0.15) is 23.6 Å². The van der Waals surface area contributed by atoms with Gasteiger partial charge in [0.25, 0.3) is 0 Å². The summed E-state index contributed by atoms with van der Waals surface area (Å²) in [5, 5.41) is 22.1. The van der Waals surface area contributed by atoms with Crippen LogP contribution < -0.4 is 0 Å². The molecule has 0 aromatic carbocycles. The van der Waals surface area contributed by atoms with Crippen molar-refractivity contribution in [1.82, 2.24) is 0 Å². The lowest BCUT2D eigenvalue weighted by Gasteiger charge is -2.60. The summed E-state index contributed by atoms with van der Waals surface area (Å²) in [5.74, 6) is 1.23. The quantitative estimate of drug-likeness (QED) is 0.449. The van der Waals surface area contributed by atoms with Crippen molar-refractivity contribution in [3.8, 4) is 0 Å². The van der Waals surface area contributed by atoms with Crippen LogP contribution in [0.2, 0.25) is 0 Å². The lowest BCUT2D eigenvalue weighted by Crippen LogP contribution is -2.70. The molecular formula is C29H42O7. The number of Topliss-reactive ketones (excluding diaryl/α,β-unsaturated/α-hetero) is 1. The van der Waals surface area contributed by atoms with Crippen LogP contribution in [0.1, 0.15) is 72.6 Å². The van der Waals surface area contributed by atoms with E-state index in [4.69, 9.17) is 14.2 Å². The Bertz CT molecular complexity index is 1010. The highest BCUT2D eigenvalue weighted by Crippen LogP contribution is 2.73. The number of ether oxygens (including phenoxy) is 3. The van der Waals surface area contributed by atoms with Gasteiger partial charge in [-0.3, -0.25) is 4.79 Å². The predicted molar refractivity (Wildman–Crippen MR) is 131 cm³/mol. The van der Waals surface area contributed by atoms with Gasteiger partial charge >= 0.3 is 5.97 Å². The SMILES string of the molecule is CO[C@H]1CC(=O)[C@]2(CO)C3CC[C@@]4(C)C(CCC4[C@H](C)[C@H]4CC(C)=C(C)C(=O)O4)[C@@H]3C[C@H]3O[C@]32[C@H]1O. The average Bonchev–Trinajstić information content (AvgIpc) is 3.48. The number of esters is 1. The summed E-state index contributed by atoms with van der Waals surface area (Å²) < 4.78 is 17.7. The van der Waals surface area contributed by atoms with Gasteiger partial charge in [-0.05, 0) is 81.0 Å². The van der Waals surface area contributed by atoms with Gasteiger partial charge in [-0.2, -0.15) is 0 Å². The maximum absolute atomic E-state index is 13.7. The molecule has 7 heteroatoms. The number of aliphatic hydroxyl groups excluding tert-OH is 2. The molecule has 4 aliphatic carbocycles. The number of hydrogen-bond acceptors (Lipinski definition) is 7. The molecule has 0 bridgehead atoms. The molecule has 3 unspecified atom stereocenters. The first-order valence-electron chi connectivity index (χ1n) is 14.0. The molecule has 2 aliphatic heterocycles. The Morgan fingerprint density at radius 1 is 1.14 bits per heavy atom. The molecule has 0 amide bonds. The van der Waals surface area contributed by atoms with Crippen LogP contribution in [-0.2, 0) is 23.8 Å². The van der Waals surface area contributed by atoms with E-state index in [1.54, 1.807) is 0 Å². The first-order valence-corrected chi connectivity index (χ1v) is 14.0. The Morgan fingerprint density at radius 2 is 1.89 bits per heavy atom. The summed E-state index contributed by atoms with van der Waals surface area (Å²) in [7, 11) is 1.53. The second kappa shape index (κ2) is 8.11. The van der Waals surface area contributed by atoms with E-state index in [-0.39, 0.29) is 60.2 Å². The highest BCUT2D eigenvalue weighted by Gasteiger charge is 2.83. The molecular weight excluding hydrogens is 460 g/mol. The van der Waals surface area contributed by atoms with E-state index in [1.807, 2.05) is 13.8 Å². The van der Waals surface area contributed by atoms with Gasteiger partial charge in [0.15, 0.2) is 0 Å². The number of methoxy groups -OCH3 is 1. The third kappa shape index (κ3) is 2.89. The van der Waals surface area contributed by atoms with Crippen molar-refractivity contribution in [2.24, 2.45) is 40.4 Å². The van der Waals surface area contributed by atoms with Gasteiger partial charge in [0.2, 0.25) is 0 Å². The molecule has 1 spiro atoms. The Hall–Kier alpha value is -1.28. The van der Waals surface area contributed by atoms with Crippen LogP contribution in [0.3, 0.4) is 0 Å². The zero-order valence-electron chi connectivity index (χ0n) is 22.3. The summed E-state index contributed by atoms with van der Waals surface area (Å²) in [6, 6.07) is 0. The second-order valence-electron chi connectivity index (χ2n) is 13.1. The zero-order chi connectivity index (χ0) is 25.8. The lowest BCUT2D eigenvalue weighted by molar-refractivity contribution is -0.195. The largest absolute Gasteiger partial charge is 0.458 e. The predicted octanol–water partition coefficient (Wildman–Crippen LogP) is 3.20. The second-order valence-corrected chi connectivity index (χ2v) is 13.1. The minimum absolute atomic E-state index is 0.00221. The Labute approximate surface area is 213 Å². The molecule has 1 saturated heterocycles. The van der Waals surface area contributed by atoms with Crippen molar-refractivity contribution in [2.75, 3.05) is 13.7 Å². The summed E-state index contributed by atoms with van der Waals surface area (Å²) >= 11 is 0. The van der Waals surface area contributed by atoms with Gasteiger partial charge in [0, 0.05) is 25.5 Å². The molecule has 0 aromatic heterocycles. The number of epoxide rings is 1. The fourth-order valence-electron chi connectivity index (χ4n) is 10.2. The highest BCUT2D eigenvalue weighted by molar-refractivity contribution is 5.90. The molecule has 5 fully saturated rings.